The highest BCUT2D eigenvalue weighted by Crippen LogP contribution is 2.23. The molecule has 2 amide bonds. The van der Waals surface area contributed by atoms with Crippen molar-refractivity contribution in [2.45, 2.75) is 19.4 Å². The number of amides is 2. The van der Waals surface area contributed by atoms with Crippen molar-refractivity contribution in [3.8, 4) is 0 Å². The maximum atomic E-state index is 11.9. The number of aromatic nitrogens is 2. The molecule has 0 spiro atoms. The van der Waals surface area contributed by atoms with Crippen LogP contribution in [-0.2, 0) is 11.2 Å². The molecule has 18 heavy (non-hydrogen) atoms. The van der Waals surface area contributed by atoms with Gasteiger partial charge >= 0.3 is 12.0 Å². The highest BCUT2D eigenvalue weighted by molar-refractivity contribution is 7.99. The monoisotopic (exact) mass is 288 g/mol. The van der Waals surface area contributed by atoms with E-state index in [1.165, 1.54) is 28.0 Å². The Hall–Kier alpha value is -1.35. The topological polar surface area (TPSA) is 95.4 Å². The minimum Gasteiger partial charge on any atom is -0.480 e. The molecule has 2 N–H and O–H groups in total. The molecule has 1 aromatic rings. The van der Waals surface area contributed by atoms with Crippen molar-refractivity contribution in [3.05, 3.63) is 5.01 Å². The van der Waals surface area contributed by atoms with Crippen LogP contribution in [0.1, 0.15) is 11.9 Å². The summed E-state index contributed by atoms with van der Waals surface area (Å²) in [4.78, 5) is 24.2. The van der Waals surface area contributed by atoms with Crippen LogP contribution < -0.4 is 5.32 Å². The average molecular weight is 288 g/mol. The molecule has 1 atom stereocenters. The van der Waals surface area contributed by atoms with E-state index in [-0.39, 0.29) is 0 Å². The van der Waals surface area contributed by atoms with Crippen molar-refractivity contribution in [3.63, 3.8) is 0 Å². The van der Waals surface area contributed by atoms with Crippen molar-refractivity contribution in [2.75, 3.05) is 16.9 Å². The van der Waals surface area contributed by atoms with Gasteiger partial charge in [0.25, 0.3) is 0 Å². The van der Waals surface area contributed by atoms with Gasteiger partial charge in [0.1, 0.15) is 11.0 Å². The third-order valence-electron chi connectivity index (χ3n) is 2.41. The number of hydrogen-bond acceptors (Lipinski definition) is 6. The highest BCUT2D eigenvalue weighted by Gasteiger charge is 2.34. The van der Waals surface area contributed by atoms with Crippen LogP contribution in [0.5, 0.6) is 0 Å². The van der Waals surface area contributed by atoms with Crippen LogP contribution in [0, 0.1) is 0 Å². The first-order valence-corrected chi connectivity index (χ1v) is 7.29. The number of carbonyl (C=O) groups excluding carboxylic acids is 1. The number of rotatable bonds is 3. The zero-order valence-corrected chi connectivity index (χ0v) is 11.3. The molecular weight excluding hydrogens is 276 g/mol. The predicted molar refractivity (Wildman–Crippen MR) is 68.9 cm³/mol. The fourth-order valence-corrected chi connectivity index (χ4v) is 3.27. The van der Waals surface area contributed by atoms with Crippen molar-refractivity contribution in [1.29, 1.82) is 0 Å². The Kier molecular flexibility index (Phi) is 4.02. The van der Waals surface area contributed by atoms with Crippen molar-refractivity contribution in [2.24, 2.45) is 0 Å². The number of thioether (sulfide) groups is 1. The quantitative estimate of drug-likeness (QED) is 0.864. The molecule has 2 rings (SSSR count). The summed E-state index contributed by atoms with van der Waals surface area (Å²) in [5, 5.41) is 20.5. The number of urea groups is 1. The van der Waals surface area contributed by atoms with Crippen LogP contribution in [-0.4, -0.2) is 49.9 Å². The Balaban J connectivity index is 2.01. The number of carboxylic acids is 1. The molecule has 2 heterocycles. The summed E-state index contributed by atoms with van der Waals surface area (Å²) in [5.41, 5.74) is 0. The van der Waals surface area contributed by atoms with Crippen LogP contribution in [0.4, 0.5) is 9.93 Å². The first kappa shape index (κ1) is 13.1. The number of aliphatic carboxylic acids is 1. The zero-order chi connectivity index (χ0) is 13.1. The van der Waals surface area contributed by atoms with Gasteiger partial charge in [-0.25, -0.2) is 9.59 Å². The third-order valence-corrected chi connectivity index (χ3v) is 4.41. The SMILES string of the molecule is CCc1nnc(NC(=O)N2CSCC2C(=O)O)s1. The van der Waals surface area contributed by atoms with E-state index in [1.807, 2.05) is 6.92 Å². The largest absolute Gasteiger partial charge is 0.480 e. The van der Waals surface area contributed by atoms with Gasteiger partial charge in [0.15, 0.2) is 0 Å². The summed E-state index contributed by atoms with van der Waals surface area (Å²) in [5.74, 6) is -0.192. The molecule has 1 saturated heterocycles. The molecule has 1 fully saturated rings. The second-order valence-electron chi connectivity index (χ2n) is 3.61. The molecule has 0 saturated carbocycles. The van der Waals surface area contributed by atoms with E-state index in [4.69, 9.17) is 5.11 Å². The maximum Gasteiger partial charge on any atom is 0.327 e. The number of anilines is 1. The minimum atomic E-state index is -0.985. The number of carbonyl (C=O) groups is 2. The van der Waals surface area contributed by atoms with E-state index in [1.54, 1.807) is 0 Å². The lowest BCUT2D eigenvalue weighted by molar-refractivity contribution is -0.140. The lowest BCUT2D eigenvalue weighted by Crippen LogP contribution is -2.43. The number of hydrogen-bond donors (Lipinski definition) is 2. The minimum absolute atomic E-state index is 0.377. The molecule has 1 aromatic heterocycles. The molecule has 0 aromatic carbocycles. The predicted octanol–water partition coefficient (Wildman–Crippen LogP) is 1.09. The van der Waals surface area contributed by atoms with Crippen LogP contribution in [0.3, 0.4) is 0 Å². The molecule has 1 aliphatic rings. The van der Waals surface area contributed by atoms with E-state index in [0.29, 0.717) is 16.8 Å². The molecular formula is C9H12N4O3S2. The standard InChI is InChI=1S/C9H12N4O3S2/c1-2-6-11-12-8(18-6)10-9(16)13-4-17-3-5(13)7(14)15/h5H,2-4H2,1H3,(H,14,15)(H,10,12,16). The van der Waals surface area contributed by atoms with Gasteiger partial charge in [-0.15, -0.1) is 22.0 Å². The van der Waals surface area contributed by atoms with Gasteiger partial charge in [0.2, 0.25) is 5.13 Å². The van der Waals surface area contributed by atoms with Gasteiger partial charge in [-0.1, -0.05) is 18.3 Å². The van der Waals surface area contributed by atoms with E-state index in [0.717, 1.165) is 11.4 Å². The fraction of sp³-hybridized carbons (Fsp3) is 0.556. The first-order chi connectivity index (χ1) is 8.61. The lowest BCUT2D eigenvalue weighted by Gasteiger charge is -2.19. The fourth-order valence-electron chi connectivity index (χ4n) is 1.46. The third kappa shape index (κ3) is 2.72. The normalized spacial score (nSPS) is 18.9. The van der Waals surface area contributed by atoms with Gasteiger partial charge in [0.05, 0.1) is 5.88 Å². The summed E-state index contributed by atoms with van der Waals surface area (Å²) in [6, 6.07) is -1.21. The van der Waals surface area contributed by atoms with E-state index < -0.39 is 18.0 Å². The smallest absolute Gasteiger partial charge is 0.327 e. The molecule has 1 aliphatic heterocycles. The highest BCUT2D eigenvalue weighted by atomic mass is 32.2. The van der Waals surface area contributed by atoms with Gasteiger partial charge < -0.3 is 10.0 Å². The van der Waals surface area contributed by atoms with Gasteiger partial charge in [0, 0.05) is 5.75 Å². The van der Waals surface area contributed by atoms with Gasteiger partial charge in [-0.2, -0.15) is 0 Å². The summed E-state index contributed by atoms with van der Waals surface area (Å²) < 4.78 is 0. The van der Waals surface area contributed by atoms with E-state index in [2.05, 4.69) is 15.5 Å². The molecule has 0 radical (unpaired) electrons. The van der Waals surface area contributed by atoms with Crippen LogP contribution in [0.15, 0.2) is 0 Å². The summed E-state index contributed by atoms with van der Waals surface area (Å²) in [7, 11) is 0. The molecule has 0 bridgehead atoms. The Morgan fingerprint density at radius 1 is 1.56 bits per heavy atom. The lowest BCUT2D eigenvalue weighted by atomic mass is 10.3. The second-order valence-corrected chi connectivity index (χ2v) is 5.67. The molecule has 98 valence electrons. The van der Waals surface area contributed by atoms with Crippen molar-refractivity contribution < 1.29 is 14.7 Å². The van der Waals surface area contributed by atoms with Crippen LogP contribution in [0.25, 0.3) is 0 Å². The first-order valence-electron chi connectivity index (χ1n) is 5.32. The molecule has 1 unspecified atom stereocenters. The Bertz CT molecular complexity index is 464. The Morgan fingerprint density at radius 3 is 2.94 bits per heavy atom. The summed E-state index contributed by atoms with van der Waals surface area (Å²) in [6.45, 7) is 1.95. The molecule has 9 heteroatoms. The van der Waals surface area contributed by atoms with Crippen molar-refractivity contribution >= 4 is 40.2 Å². The van der Waals surface area contributed by atoms with E-state index in [9.17, 15) is 9.59 Å². The summed E-state index contributed by atoms with van der Waals surface area (Å²) >= 11 is 2.71. The van der Waals surface area contributed by atoms with Gasteiger partial charge in [-0.05, 0) is 6.42 Å². The van der Waals surface area contributed by atoms with Crippen LogP contribution >= 0.6 is 23.1 Å². The Morgan fingerprint density at radius 2 is 2.33 bits per heavy atom. The maximum absolute atomic E-state index is 11.9. The second kappa shape index (κ2) is 5.53. The number of nitrogens with one attached hydrogen (secondary N) is 1. The number of aryl methyl sites for hydroxylation is 1. The summed E-state index contributed by atoms with van der Waals surface area (Å²) in [6.07, 6.45) is 0.755. The number of nitrogens with zero attached hydrogens (tertiary/aromatic N) is 3. The molecule has 0 aliphatic carbocycles. The average Bonchev–Trinajstić information content (AvgIpc) is 2.96. The number of carboxylic acid groups (broad SMARTS) is 1. The van der Waals surface area contributed by atoms with Gasteiger partial charge in [-0.3, -0.25) is 5.32 Å². The van der Waals surface area contributed by atoms with Crippen molar-refractivity contribution in [1.82, 2.24) is 15.1 Å². The zero-order valence-electron chi connectivity index (χ0n) is 9.62. The molecule has 7 nitrogen and oxygen atoms in total. The Labute approximate surface area is 112 Å². The van der Waals surface area contributed by atoms with E-state index >= 15 is 0 Å². The van der Waals surface area contributed by atoms with Crippen LogP contribution in [0.2, 0.25) is 0 Å².